The van der Waals surface area contributed by atoms with Crippen LogP contribution < -0.4 is 11.1 Å². The van der Waals surface area contributed by atoms with Crippen LogP contribution in [0.3, 0.4) is 0 Å². The molecule has 1 aliphatic rings. The monoisotopic (exact) mass is 294 g/mol. The zero-order valence-corrected chi connectivity index (χ0v) is 12.6. The Hall–Kier alpha value is -1.43. The van der Waals surface area contributed by atoms with Crippen molar-refractivity contribution >= 4 is 23.1 Å². The summed E-state index contributed by atoms with van der Waals surface area (Å²) in [5.74, 6) is -0.0411. The molecule has 1 atom stereocenters. The predicted molar refractivity (Wildman–Crippen MR) is 82.1 cm³/mol. The van der Waals surface area contributed by atoms with Crippen molar-refractivity contribution in [1.82, 2.24) is 15.5 Å². The maximum Gasteiger partial charge on any atom is 0.233 e. The molecule has 6 heteroatoms. The number of rotatable bonds is 4. The third kappa shape index (κ3) is 3.00. The van der Waals surface area contributed by atoms with E-state index in [4.69, 9.17) is 18.0 Å². The molecule has 0 bridgehead atoms. The van der Waals surface area contributed by atoms with Crippen LogP contribution in [-0.4, -0.2) is 21.1 Å². The van der Waals surface area contributed by atoms with Crippen LogP contribution in [0.5, 0.6) is 0 Å². The Labute approximate surface area is 124 Å². The molecule has 110 valence electrons. The first-order valence-electron chi connectivity index (χ1n) is 7.16. The fraction of sp³-hybridized carbons (Fsp3) is 0.643. The van der Waals surface area contributed by atoms with Crippen LogP contribution in [0.1, 0.15) is 57.1 Å². The van der Waals surface area contributed by atoms with Crippen molar-refractivity contribution in [3.63, 3.8) is 0 Å². The molecule has 1 unspecified atom stereocenters. The number of hydrogen-bond acceptors (Lipinski definition) is 3. The summed E-state index contributed by atoms with van der Waals surface area (Å²) in [5.41, 5.74) is 6.19. The number of nitrogens with two attached hydrogens (primary N) is 1. The maximum absolute atomic E-state index is 12.7. The molecule has 4 N–H and O–H groups in total. The Morgan fingerprint density at radius 1 is 1.45 bits per heavy atom. The van der Waals surface area contributed by atoms with Gasteiger partial charge in [-0.2, -0.15) is 5.10 Å². The van der Waals surface area contributed by atoms with E-state index in [1.807, 2.05) is 6.92 Å². The van der Waals surface area contributed by atoms with Crippen LogP contribution >= 0.6 is 12.2 Å². The van der Waals surface area contributed by atoms with Gasteiger partial charge in [-0.05, 0) is 19.8 Å². The molecule has 0 saturated heterocycles. The van der Waals surface area contributed by atoms with E-state index in [1.165, 1.54) is 0 Å². The van der Waals surface area contributed by atoms with Gasteiger partial charge in [0.2, 0.25) is 5.91 Å². The second-order valence-corrected chi connectivity index (χ2v) is 6.03. The molecule has 1 amide bonds. The lowest BCUT2D eigenvalue weighted by molar-refractivity contribution is -0.128. The highest BCUT2D eigenvalue weighted by molar-refractivity contribution is 7.80. The van der Waals surface area contributed by atoms with Gasteiger partial charge in [-0.1, -0.05) is 37.9 Å². The fourth-order valence-corrected chi connectivity index (χ4v) is 3.13. The highest BCUT2D eigenvalue weighted by atomic mass is 32.1. The third-order valence-electron chi connectivity index (χ3n) is 4.23. The number of amides is 1. The third-order valence-corrected chi connectivity index (χ3v) is 4.62. The SMILES string of the molecule is CC(NC(=O)C1(C(N)=S)CCCCCC1)c1cn[nH]c1. The molecule has 1 aromatic rings. The van der Waals surface area contributed by atoms with Crippen molar-refractivity contribution < 1.29 is 4.79 Å². The number of carbonyl (C=O) groups excluding carboxylic acids is 1. The zero-order valence-electron chi connectivity index (χ0n) is 11.8. The van der Waals surface area contributed by atoms with Crippen molar-refractivity contribution in [2.75, 3.05) is 0 Å². The van der Waals surface area contributed by atoms with Crippen molar-refractivity contribution in [1.29, 1.82) is 0 Å². The van der Waals surface area contributed by atoms with E-state index in [2.05, 4.69) is 15.5 Å². The number of carbonyl (C=O) groups is 1. The van der Waals surface area contributed by atoms with Crippen LogP contribution in [0.25, 0.3) is 0 Å². The molecule has 0 aliphatic heterocycles. The number of aromatic nitrogens is 2. The summed E-state index contributed by atoms with van der Waals surface area (Å²) in [6.45, 7) is 1.94. The summed E-state index contributed by atoms with van der Waals surface area (Å²) < 4.78 is 0. The number of aromatic amines is 1. The van der Waals surface area contributed by atoms with Gasteiger partial charge < -0.3 is 11.1 Å². The minimum Gasteiger partial charge on any atom is -0.392 e. The number of H-pyrrole nitrogens is 1. The molecule has 0 radical (unpaired) electrons. The molecule has 1 heterocycles. The van der Waals surface area contributed by atoms with Crippen LogP contribution in [0.4, 0.5) is 0 Å². The van der Waals surface area contributed by atoms with Gasteiger partial charge in [0.15, 0.2) is 0 Å². The minimum atomic E-state index is -0.677. The standard InChI is InChI=1S/C14H22N4OS/c1-10(11-8-16-17-9-11)18-13(19)14(12(15)20)6-4-2-3-5-7-14/h8-10H,2-7H2,1H3,(H2,15,20)(H,16,17)(H,18,19). The molecule has 5 nitrogen and oxygen atoms in total. The van der Waals surface area contributed by atoms with Crippen LogP contribution in [-0.2, 0) is 4.79 Å². The van der Waals surface area contributed by atoms with E-state index in [1.54, 1.807) is 12.4 Å². The Morgan fingerprint density at radius 2 is 2.10 bits per heavy atom. The lowest BCUT2D eigenvalue weighted by Gasteiger charge is -2.31. The van der Waals surface area contributed by atoms with Crippen LogP contribution in [0.2, 0.25) is 0 Å². The summed E-state index contributed by atoms with van der Waals surface area (Å²) in [7, 11) is 0. The molecular weight excluding hydrogens is 272 g/mol. The molecule has 1 fully saturated rings. The van der Waals surface area contributed by atoms with Gasteiger partial charge in [0.05, 0.1) is 22.6 Å². The second-order valence-electron chi connectivity index (χ2n) is 5.59. The first-order chi connectivity index (χ1) is 9.56. The molecule has 0 spiro atoms. The number of nitrogens with one attached hydrogen (secondary N) is 2. The summed E-state index contributed by atoms with van der Waals surface area (Å²) in [6.07, 6.45) is 9.31. The number of hydrogen-bond donors (Lipinski definition) is 3. The van der Waals surface area contributed by atoms with E-state index >= 15 is 0 Å². The molecule has 1 aromatic heterocycles. The summed E-state index contributed by atoms with van der Waals surface area (Å²) in [5, 5.41) is 9.69. The maximum atomic E-state index is 12.7. The topological polar surface area (TPSA) is 83.8 Å². The second kappa shape index (κ2) is 6.35. The van der Waals surface area contributed by atoms with Gasteiger partial charge in [-0.25, -0.2) is 0 Å². The summed E-state index contributed by atoms with van der Waals surface area (Å²) in [6, 6.07) is -0.101. The minimum absolute atomic E-state index is 0.0411. The Bertz CT molecular complexity index is 464. The molecule has 20 heavy (non-hydrogen) atoms. The first kappa shape index (κ1) is 15.0. The van der Waals surface area contributed by atoms with Crippen molar-refractivity contribution in [3.8, 4) is 0 Å². The normalized spacial score (nSPS) is 19.9. The van der Waals surface area contributed by atoms with Gasteiger partial charge in [0.1, 0.15) is 0 Å². The predicted octanol–water partition coefficient (Wildman–Crippen LogP) is 2.21. The van der Waals surface area contributed by atoms with Gasteiger partial charge in [-0.15, -0.1) is 0 Å². The molecule has 2 rings (SSSR count). The van der Waals surface area contributed by atoms with Gasteiger partial charge in [0.25, 0.3) is 0 Å². The lowest BCUT2D eigenvalue weighted by Crippen LogP contribution is -2.49. The van der Waals surface area contributed by atoms with E-state index in [9.17, 15) is 4.79 Å². The van der Waals surface area contributed by atoms with Crippen molar-refractivity contribution in [2.45, 2.75) is 51.5 Å². The van der Waals surface area contributed by atoms with Gasteiger partial charge >= 0.3 is 0 Å². The van der Waals surface area contributed by atoms with Crippen molar-refractivity contribution in [2.24, 2.45) is 11.1 Å². The Morgan fingerprint density at radius 3 is 2.60 bits per heavy atom. The zero-order chi connectivity index (χ0) is 14.6. The number of nitrogens with zero attached hydrogens (tertiary/aromatic N) is 1. The Balaban J connectivity index is 2.12. The molecule has 1 saturated carbocycles. The number of thiocarbonyl (C=S) groups is 1. The van der Waals surface area contributed by atoms with E-state index in [-0.39, 0.29) is 11.9 Å². The highest BCUT2D eigenvalue weighted by Crippen LogP contribution is 2.36. The molecule has 1 aliphatic carbocycles. The fourth-order valence-electron chi connectivity index (χ4n) is 2.83. The average Bonchev–Trinajstić information content (AvgIpc) is 2.82. The highest BCUT2D eigenvalue weighted by Gasteiger charge is 2.41. The quantitative estimate of drug-likeness (QED) is 0.587. The Kier molecular flexibility index (Phi) is 4.75. The van der Waals surface area contributed by atoms with Gasteiger partial charge in [0, 0.05) is 11.8 Å². The summed E-state index contributed by atoms with van der Waals surface area (Å²) >= 11 is 5.22. The summed E-state index contributed by atoms with van der Waals surface area (Å²) in [4.78, 5) is 13.0. The molecule has 0 aromatic carbocycles. The van der Waals surface area contributed by atoms with Gasteiger partial charge in [-0.3, -0.25) is 9.89 Å². The average molecular weight is 294 g/mol. The smallest absolute Gasteiger partial charge is 0.233 e. The van der Waals surface area contributed by atoms with Crippen LogP contribution in [0, 0.1) is 5.41 Å². The van der Waals surface area contributed by atoms with Crippen LogP contribution in [0.15, 0.2) is 12.4 Å². The van der Waals surface area contributed by atoms with E-state index in [0.717, 1.165) is 44.1 Å². The molecular formula is C14H22N4OS. The van der Waals surface area contributed by atoms with E-state index < -0.39 is 5.41 Å². The van der Waals surface area contributed by atoms with Crippen molar-refractivity contribution in [3.05, 3.63) is 18.0 Å². The first-order valence-corrected chi connectivity index (χ1v) is 7.56. The van der Waals surface area contributed by atoms with E-state index in [0.29, 0.717) is 4.99 Å². The lowest BCUT2D eigenvalue weighted by atomic mass is 9.79. The largest absolute Gasteiger partial charge is 0.392 e.